The van der Waals surface area contributed by atoms with Crippen molar-refractivity contribution in [1.29, 1.82) is 0 Å². The van der Waals surface area contributed by atoms with Gasteiger partial charge in [0.2, 0.25) is 5.91 Å². The molecule has 2 N–H and O–H groups in total. The van der Waals surface area contributed by atoms with Gasteiger partial charge < -0.3 is 15.4 Å². The summed E-state index contributed by atoms with van der Waals surface area (Å²) in [6.07, 6.45) is 0. The van der Waals surface area contributed by atoms with Crippen molar-refractivity contribution >= 4 is 11.6 Å². The van der Waals surface area contributed by atoms with E-state index in [9.17, 15) is 4.79 Å². The van der Waals surface area contributed by atoms with Gasteiger partial charge in [-0.15, -0.1) is 0 Å². The number of carbonyl (C=O) groups is 1. The van der Waals surface area contributed by atoms with E-state index in [0.29, 0.717) is 18.3 Å². The number of carbonyl (C=O) groups excluding carboxylic acids is 1. The first-order valence-corrected chi connectivity index (χ1v) is 6.99. The Morgan fingerprint density at radius 1 is 1.55 bits per heavy atom. The Morgan fingerprint density at radius 3 is 3.05 bits per heavy atom. The van der Waals surface area contributed by atoms with Crippen molar-refractivity contribution in [3.8, 4) is 5.75 Å². The zero-order valence-corrected chi connectivity index (χ0v) is 12.4. The van der Waals surface area contributed by atoms with E-state index in [1.807, 2.05) is 25.1 Å². The molecular weight excluding hydrogens is 254 g/mol. The lowest BCUT2D eigenvalue weighted by Crippen LogP contribution is -2.52. The SMILES string of the molecule is COc1ccc(C)cc1NC(=O)CN1CCNC[C@H]1C. The van der Waals surface area contributed by atoms with E-state index in [0.717, 1.165) is 30.9 Å². The number of hydrogen-bond acceptors (Lipinski definition) is 4. The first-order valence-electron chi connectivity index (χ1n) is 6.99. The summed E-state index contributed by atoms with van der Waals surface area (Å²) in [5.41, 5.74) is 1.83. The van der Waals surface area contributed by atoms with Gasteiger partial charge in [-0.2, -0.15) is 0 Å². The van der Waals surface area contributed by atoms with Crippen LogP contribution in [0.5, 0.6) is 5.75 Å². The monoisotopic (exact) mass is 277 g/mol. The van der Waals surface area contributed by atoms with Gasteiger partial charge in [0.25, 0.3) is 0 Å². The third kappa shape index (κ3) is 3.71. The Balaban J connectivity index is 1.99. The second-order valence-electron chi connectivity index (χ2n) is 5.28. The van der Waals surface area contributed by atoms with E-state index < -0.39 is 0 Å². The molecule has 1 atom stereocenters. The number of nitrogens with zero attached hydrogens (tertiary/aromatic N) is 1. The van der Waals surface area contributed by atoms with Gasteiger partial charge >= 0.3 is 0 Å². The standard InChI is InChI=1S/C15H23N3O2/c1-11-4-5-14(20-3)13(8-11)17-15(19)10-18-7-6-16-9-12(18)2/h4-5,8,12,16H,6-7,9-10H2,1-3H3,(H,17,19)/t12-/m1/s1. The summed E-state index contributed by atoms with van der Waals surface area (Å²) >= 11 is 0. The molecule has 1 fully saturated rings. The molecule has 20 heavy (non-hydrogen) atoms. The molecule has 1 aromatic rings. The number of amides is 1. The summed E-state index contributed by atoms with van der Waals surface area (Å²) in [4.78, 5) is 14.4. The number of rotatable bonds is 4. The molecule has 1 saturated heterocycles. The highest BCUT2D eigenvalue weighted by atomic mass is 16.5. The summed E-state index contributed by atoms with van der Waals surface area (Å²) in [5, 5.41) is 6.26. The average molecular weight is 277 g/mol. The van der Waals surface area contributed by atoms with Crippen molar-refractivity contribution in [3.05, 3.63) is 23.8 Å². The van der Waals surface area contributed by atoms with Crippen molar-refractivity contribution < 1.29 is 9.53 Å². The number of piperazine rings is 1. The summed E-state index contributed by atoms with van der Waals surface area (Å²) < 4.78 is 5.27. The minimum atomic E-state index is 0.00245. The maximum atomic E-state index is 12.2. The zero-order valence-electron chi connectivity index (χ0n) is 12.4. The van der Waals surface area contributed by atoms with Crippen LogP contribution >= 0.6 is 0 Å². The molecule has 5 nitrogen and oxygen atoms in total. The van der Waals surface area contributed by atoms with Crippen LogP contribution in [0.3, 0.4) is 0 Å². The second kappa shape index (κ2) is 6.72. The van der Waals surface area contributed by atoms with Crippen LogP contribution in [0.1, 0.15) is 12.5 Å². The molecule has 0 spiro atoms. The van der Waals surface area contributed by atoms with E-state index in [4.69, 9.17) is 4.74 Å². The van der Waals surface area contributed by atoms with Crippen LogP contribution in [-0.2, 0) is 4.79 Å². The van der Waals surface area contributed by atoms with Gasteiger partial charge in [-0.3, -0.25) is 9.69 Å². The predicted molar refractivity (Wildman–Crippen MR) is 80.3 cm³/mol. The number of aryl methyl sites for hydroxylation is 1. The molecule has 1 heterocycles. The number of methoxy groups -OCH3 is 1. The zero-order chi connectivity index (χ0) is 14.5. The average Bonchev–Trinajstić information content (AvgIpc) is 2.41. The number of benzene rings is 1. The van der Waals surface area contributed by atoms with Gasteiger partial charge in [-0.05, 0) is 31.5 Å². The Kier molecular flexibility index (Phi) is 4.98. The van der Waals surface area contributed by atoms with Crippen molar-refractivity contribution in [2.75, 3.05) is 38.6 Å². The number of nitrogens with one attached hydrogen (secondary N) is 2. The minimum Gasteiger partial charge on any atom is -0.495 e. The Morgan fingerprint density at radius 2 is 2.35 bits per heavy atom. The van der Waals surface area contributed by atoms with Crippen molar-refractivity contribution in [3.63, 3.8) is 0 Å². The summed E-state index contributed by atoms with van der Waals surface area (Å²) in [6, 6.07) is 6.15. The molecule has 1 amide bonds. The largest absolute Gasteiger partial charge is 0.495 e. The van der Waals surface area contributed by atoms with Gasteiger partial charge in [-0.1, -0.05) is 6.07 Å². The predicted octanol–water partition coefficient (Wildman–Crippen LogP) is 1.24. The number of anilines is 1. The molecule has 1 aromatic carbocycles. The number of ether oxygens (including phenoxy) is 1. The highest BCUT2D eigenvalue weighted by Gasteiger charge is 2.20. The summed E-state index contributed by atoms with van der Waals surface area (Å²) in [6.45, 7) is 7.31. The van der Waals surface area contributed by atoms with Gasteiger partial charge in [0.15, 0.2) is 0 Å². The topological polar surface area (TPSA) is 53.6 Å². The molecule has 0 saturated carbocycles. The fraction of sp³-hybridized carbons (Fsp3) is 0.533. The lowest BCUT2D eigenvalue weighted by Gasteiger charge is -2.33. The molecule has 110 valence electrons. The van der Waals surface area contributed by atoms with E-state index in [2.05, 4.69) is 22.5 Å². The Hall–Kier alpha value is -1.59. The molecule has 0 unspecified atom stereocenters. The van der Waals surface area contributed by atoms with Gasteiger partial charge in [0.05, 0.1) is 19.3 Å². The molecule has 2 rings (SSSR count). The van der Waals surface area contributed by atoms with Crippen LogP contribution < -0.4 is 15.4 Å². The molecule has 0 aliphatic carbocycles. The van der Waals surface area contributed by atoms with Crippen LogP contribution in [-0.4, -0.2) is 50.1 Å². The smallest absolute Gasteiger partial charge is 0.238 e. The van der Waals surface area contributed by atoms with Crippen molar-refractivity contribution in [1.82, 2.24) is 10.2 Å². The van der Waals surface area contributed by atoms with E-state index >= 15 is 0 Å². The second-order valence-corrected chi connectivity index (χ2v) is 5.28. The van der Waals surface area contributed by atoms with Crippen molar-refractivity contribution in [2.24, 2.45) is 0 Å². The third-order valence-electron chi connectivity index (χ3n) is 3.61. The molecule has 0 aromatic heterocycles. The maximum absolute atomic E-state index is 12.2. The van der Waals surface area contributed by atoms with Crippen LogP contribution in [0, 0.1) is 6.92 Å². The lowest BCUT2D eigenvalue weighted by atomic mass is 10.2. The van der Waals surface area contributed by atoms with Crippen LogP contribution in [0.4, 0.5) is 5.69 Å². The maximum Gasteiger partial charge on any atom is 0.238 e. The molecule has 0 bridgehead atoms. The summed E-state index contributed by atoms with van der Waals surface area (Å²) in [7, 11) is 1.61. The van der Waals surface area contributed by atoms with Crippen LogP contribution in [0.25, 0.3) is 0 Å². The molecule has 0 radical (unpaired) electrons. The van der Waals surface area contributed by atoms with Crippen LogP contribution in [0.2, 0.25) is 0 Å². The van der Waals surface area contributed by atoms with Gasteiger partial charge in [-0.25, -0.2) is 0 Å². The molecule has 5 heteroatoms. The third-order valence-corrected chi connectivity index (χ3v) is 3.61. The van der Waals surface area contributed by atoms with Crippen LogP contribution in [0.15, 0.2) is 18.2 Å². The minimum absolute atomic E-state index is 0.00245. The normalized spacial score (nSPS) is 19.6. The van der Waals surface area contributed by atoms with E-state index in [1.165, 1.54) is 0 Å². The van der Waals surface area contributed by atoms with Crippen molar-refractivity contribution in [2.45, 2.75) is 19.9 Å². The number of hydrogen-bond donors (Lipinski definition) is 2. The van der Waals surface area contributed by atoms with E-state index in [-0.39, 0.29) is 5.91 Å². The fourth-order valence-electron chi connectivity index (χ4n) is 2.41. The molecule has 1 aliphatic rings. The van der Waals surface area contributed by atoms with Gasteiger partial charge in [0, 0.05) is 25.7 Å². The highest BCUT2D eigenvalue weighted by Crippen LogP contribution is 2.25. The molecule has 1 aliphatic heterocycles. The summed E-state index contributed by atoms with van der Waals surface area (Å²) in [5.74, 6) is 0.694. The Labute approximate surface area is 120 Å². The lowest BCUT2D eigenvalue weighted by molar-refractivity contribution is -0.118. The fourth-order valence-corrected chi connectivity index (χ4v) is 2.41. The Bertz CT molecular complexity index is 476. The highest BCUT2D eigenvalue weighted by molar-refractivity contribution is 5.93. The first-order chi connectivity index (χ1) is 9.60. The van der Waals surface area contributed by atoms with Gasteiger partial charge in [0.1, 0.15) is 5.75 Å². The quantitative estimate of drug-likeness (QED) is 0.869. The van der Waals surface area contributed by atoms with E-state index in [1.54, 1.807) is 7.11 Å². The first kappa shape index (κ1) is 14.8. The molecular formula is C15H23N3O2.